The van der Waals surface area contributed by atoms with Gasteiger partial charge in [0.15, 0.2) is 0 Å². The van der Waals surface area contributed by atoms with Crippen LogP contribution in [-0.4, -0.2) is 50.1 Å². The molecule has 0 bridgehead atoms. The van der Waals surface area contributed by atoms with Gasteiger partial charge in [0.2, 0.25) is 5.95 Å². The van der Waals surface area contributed by atoms with Crippen LogP contribution < -0.4 is 11.1 Å². The number of aromatic nitrogens is 2. The van der Waals surface area contributed by atoms with Gasteiger partial charge in [-0.15, -0.1) is 0 Å². The minimum Gasteiger partial charge on any atom is -0.396 e. The normalized spacial score (nSPS) is 30.6. The van der Waals surface area contributed by atoms with Crippen LogP contribution >= 0.6 is 34.2 Å². The zero-order valence-corrected chi connectivity index (χ0v) is 12.7. The largest absolute Gasteiger partial charge is 0.396 e. The summed E-state index contributed by atoms with van der Waals surface area (Å²) in [6, 6.07) is -0.425. The van der Waals surface area contributed by atoms with Crippen molar-refractivity contribution in [3.8, 4) is 0 Å². The van der Waals surface area contributed by atoms with E-state index in [0.29, 0.717) is 15.8 Å². The summed E-state index contributed by atoms with van der Waals surface area (Å²) < 4.78 is 0.586. The fourth-order valence-corrected chi connectivity index (χ4v) is 2.73. The lowest BCUT2D eigenvalue weighted by Gasteiger charge is -2.19. The first-order valence-electron chi connectivity index (χ1n) is 5.66. The topological polar surface area (TPSA) is 125 Å². The van der Waals surface area contributed by atoms with Gasteiger partial charge in [-0.25, -0.2) is 4.98 Å². The van der Waals surface area contributed by atoms with Crippen molar-refractivity contribution in [1.82, 2.24) is 9.97 Å². The Morgan fingerprint density at radius 1 is 1.37 bits per heavy atom. The minimum atomic E-state index is -0.983. The number of nitrogens with zero attached hydrogens (tertiary/aromatic N) is 2. The van der Waals surface area contributed by atoms with Crippen LogP contribution in [0.15, 0.2) is 0 Å². The molecule has 0 radical (unpaired) electrons. The molecule has 1 aromatic heterocycles. The fourth-order valence-electron chi connectivity index (χ4n) is 2.16. The zero-order valence-electron chi connectivity index (χ0n) is 9.79. The number of nitrogen functional groups attached to an aromatic ring is 1. The molecule has 7 nitrogen and oxygen atoms in total. The summed E-state index contributed by atoms with van der Waals surface area (Å²) in [6.07, 6.45) is -1.52. The van der Waals surface area contributed by atoms with Crippen LogP contribution in [-0.2, 0) is 0 Å². The highest BCUT2D eigenvalue weighted by Crippen LogP contribution is 2.31. The molecular weight excluding hydrogens is 386 g/mol. The Balaban J connectivity index is 2.18. The summed E-state index contributed by atoms with van der Waals surface area (Å²) >= 11 is 7.86. The number of hydrogen-bond donors (Lipinski definition) is 5. The highest BCUT2D eigenvalue weighted by molar-refractivity contribution is 14.1. The number of nitrogens with two attached hydrogens (primary N) is 1. The molecule has 1 aliphatic rings. The third kappa shape index (κ3) is 3.02. The maximum Gasteiger partial charge on any atom is 0.223 e. The van der Waals surface area contributed by atoms with E-state index in [1.54, 1.807) is 0 Å². The summed E-state index contributed by atoms with van der Waals surface area (Å²) in [5.41, 5.74) is 5.52. The number of rotatable bonds is 3. The number of aliphatic hydroxyl groups excluding tert-OH is 3. The fraction of sp³-hybridized carbons (Fsp3) is 0.600. The second-order valence-corrected chi connectivity index (χ2v) is 5.88. The van der Waals surface area contributed by atoms with Crippen LogP contribution in [0.5, 0.6) is 0 Å². The van der Waals surface area contributed by atoms with E-state index >= 15 is 0 Å². The van der Waals surface area contributed by atoms with E-state index in [0.717, 1.165) is 0 Å². The maximum absolute atomic E-state index is 9.92. The van der Waals surface area contributed by atoms with Crippen molar-refractivity contribution in [2.24, 2.45) is 5.92 Å². The van der Waals surface area contributed by atoms with Crippen LogP contribution in [0.1, 0.15) is 6.42 Å². The highest BCUT2D eigenvalue weighted by atomic mass is 127. The number of hydrogen-bond acceptors (Lipinski definition) is 7. The molecule has 1 heterocycles. The molecule has 0 saturated heterocycles. The second kappa shape index (κ2) is 5.92. The molecule has 0 amide bonds. The molecule has 4 atom stereocenters. The Kier molecular flexibility index (Phi) is 4.66. The van der Waals surface area contributed by atoms with E-state index in [4.69, 9.17) is 22.4 Å². The number of nitrogens with one attached hydrogen (secondary N) is 1. The average molecular weight is 401 g/mol. The maximum atomic E-state index is 9.92. The molecule has 0 spiro atoms. The van der Waals surface area contributed by atoms with Crippen LogP contribution in [0.2, 0.25) is 5.15 Å². The van der Waals surface area contributed by atoms with Gasteiger partial charge in [0, 0.05) is 12.5 Å². The average Bonchev–Trinajstić information content (AvgIpc) is 2.63. The predicted molar refractivity (Wildman–Crippen MR) is 78.8 cm³/mol. The summed E-state index contributed by atoms with van der Waals surface area (Å²) in [4.78, 5) is 7.82. The zero-order chi connectivity index (χ0) is 14.2. The quantitative estimate of drug-likeness (QED) is 0.352. The Bertz CT molecular complexity index is 478. The molecular formula is C10H14ClIN4O3. The predicted octanol–water partition coefficient (Wildman–Crippen LogP) is -0.169. The number of anilines is 2. The summed E-state index contributed by atoms with van der Waals surface area (Å²) in [5, 5.41) is 32.0. The van der Waals surface area contributed by atoms with Gasteiger partial charge in [0.25, 0.3) is 0 Å². The van der Waals surface area contributed by atoms with Crippen molar-refractivity contribution in [2.45, 2.75) is 24.7 Å². The van der Waals surface area contributed by atoms with Crippen molar-refractivity contribution in [3.63, 3.8) is 0 Å². The van der Waals surface area contributed by atoms with Gasteiger partial charge in [0.1, 0.15) is 17.1 Å². The van der Waals surface area contributed by atoms with Crippen molar-refractivity contribution in [1.29, 1.82) is 0 Å². The third-order valence-electron chi connectivity index (χ3n) is 3.19. The molecule has 1 fully saturated rings. The highest BCUT2D eigenvalue weighted by Gasteiger charge is 2.41. The van der Waals surface area contributed by atoms with Crippen molar-refractivity contribution in [2.75, 3.05) is 17.7 Å². The van der Waals surface area contributed by atoms with Gasteiger partial charge < -0.3 is 26.4 Å². The first-order chi connectivity index (χ1) is 8.93. The standard InChI is InChI=1S/C10H14ClIN4O3/c11-8-5(12)9(16-10(13)15-8)14-4-1-3(2-17)6(18)7(4)19/h3-4,6-7,17-19H,1-2H2,(H3,13,14,15,16)/t3-,4-,6-,7+/m1/s1. The van der Waals surface area contributed by atoms with Crippen molar-refractivity contribution >= 4 is 46.0 Å². The lowest BCUT2D eigenvalue weighted by Crippen LogP contribution is -2.35. The smallest absolute Gasteiger partial charge is 0.223 e. The molecule has 0 unspecified atom stereocenters. The van der Waals surface area contributed by atoms with Gasteiger partial charge in [-0.1, -0.05) is 11.6 Å². The van der Waals surface area contributed by atoms with Gasteiger partial charge in [0.05, 0.1) is 15.7 Å². The molecule has 106 valence electrons. The lowest BCUT2D eigenvalue weighted by atomic mass is 10.1. The van der Waals surface area contributed by atoms with Crippen LogP contribution in [0.25, 0.3) is 0 Å². The first-order valence-corrected chi connectivity index (χ1v) is 7.11. The molecule has 19 heavy (non-hydrogen) atoms. The van der Waals surface area contributed by atoms with Crippen molar-refractivity contribution in [3.05, 3.63) is 8.72 Å². The minimum absolute atomic E-state index is 0.0275. The van der Waals surface area contributed by atoms with E-state index in [1.165, 1.54) is 0 Å². The Morgan fingerprint density at radius 3 is 2.63 bits per heavy atom. The Morgan fingerprint density at radius 2 is 2.05 bits per heavy atom. The Labute approximate surface area is 128 Å². The molecule has 2 rings (SSSR count). The number of halogens is 2. The van der Waals surface area contributed by atoms with E-state index in [-0.39, 0.29) is 23.6 Å². The van der Waals surface area contributed by atoms with Gasteiger partial charge in [-0.2, -0.15) is 4.98 Å². The van der Waals surface area contributed by atoms with Crippen LogP contribution in [0.3, 0.4) is 0 Å². The number of aliphatic hydroxyl groups is 3. The van der Waals surface area contributed by atoms with Gasteiger partial charge >= 0.3 is 0 Å². The molecule has 0 aromatic carbocycles. The van der Waals surface area contributed by atoms with Crippen LogP contribution in [0.4, 0.5) is 11.8 Å². The third-order valence-corrected chi connectivity index (χ3v) is 4.80. The molecule has 1 aromatic rings. The van der Waals surface area contributed by atoms with E-state index in [2.05, 4.69) is 15.3 Å². The molecule has 0 aliphatic heterocycles. The van der Waals surface area contributed by atoms with Gasteiger partial charge in [-0.05, 0) is 29.0 Å². The van der Waals surface area contributed by atoms with E-state index in [9.17, 15) is 10.2 Å². The first kappa shape index (κ1) is 15.0. The molecule has 9 heteroatoms. The summed E-state index contributed by atoms with van der Waals surface area (Å²) in [6.45, 7) is -0.180. The van der Waals surface area contributed by atoms with Crippen LogP contribution in [0, 0.1) is 9.49 Å². The summed E-state index contributed by atoms with van der Waals surface area (Å²) in [7, 11) is 0. The summed E-state index contributed by atoms with van der Waals surface area (Å²) in [5.74, 6) is 0.0763. The Hall–Kier alpha value is -0.420. The van der Waals surface area contributed by atoms with E-state index < -0.39 is 18.2 Å². The van der Waals surface area contributed by atoms with Gasteiger partial charge in [-0.3, -0.25) is 0 Å². The SMILES string of the molecule is Nc1nc(Cl)c(I)c(N[C@@H]2C[C@H](CO)[C@@H](O)[C@H]2O)n1. The van der Waals surface area contributed by atoms with Crippen molar-refractivity contribution < 1.29 is 15.3 Å². The molecule has 6 N–H and O–H groups in total. The van der Waals surface area contributed by atoms with E-state index in [1.807, 2.05) is 22.6 Å². The monoisotopic (exact) mass is 400 g/mol. The molecule has 1 aliphatic carbocycles. The lowest BCUT2D eigenvalue weighted by molar-refractivity contribution is 0.00445. The molecule has 1 saturated carbocycles. The second-order valence-electron chi connectivity index (χ2n) is 4.45.